The molecule has 0 N–H and O–H groups in total. The summed E-state index contributed by atoms with van der Waals surface area (Å²) in [4.78, 5) is 19.0. The van der Waals surface area contributed by atoms with Gasteiger partial charge in [-0.05, 0) is 75.3 Å². The summed E-state index contributed by atoms with van der Waals surface area (Å²) < 4.78 is 0. The number of carbonyl (C=O) groups is 1. The second kappa shape index (κ2) is 3.97. The van der Waals surface area contributed by atoms with E-state index in [0.29, 0.717) is 0 Å². The SMILES string of the molecule is O=C(C1(C2CN3CCC2C3)CC1)C1(C2CN3CCC2C3)CC1. The summed E-state index contributed by atoms with van der Waals surface area (Å²) in [5.41, 5.74) is 0.293. The van der Waals surface area contributed by atoms with Crippen LogP contribution in [0.3, 0.4) is 0 Å². The number of ketones is 1. The third kappa shape index (κ3) is 1.48. The Morgan fingerprint density at radius 2 is 1.18 bits per heavy atom. The topological polar surface area (TPSA) is 23.6 Å². The number of hydrogen-bond acceptors (Lipinski definition) is 3. The first-order valence-corrected chi connectivity index (χ1v) is 9.71. The minimum absolute atomic E-state index is 0.146. The number of fused-ring (bicyclic) bond motifs is 4. The van der Waals surface area contributed by atoms with Gasteiger partial charge in [-0.3, -0.25) is 4.79 Å². The quantitative estimate of drug-likeness (QED) is 0.793. The van der Waals surface area contributed by atoms with Gasteiger partial charge in [0.05, 0.1) is 0 Å². The maximum Gasteiger partial charge on any atom is 0.145 e. The highest BCUT2D eigenvalue weighted by atomic mass is 16.1. The Balaban J connectivity index is 1.29. The van der Waals surface area contributed by atoms with Gasteiger partial charge in [0.2, 0.25) is 0 Å². The maximum atomic E-state index is 13.7. The molecule has 0 aromatic heterocycles. The monoisotopic (exact) mass is 300 g/mol. The van der Waals surface area contributed by atoms with E-state index in [4.69, 9.17) is 0 Å². The predicted octanol–water partition coefficient (Wildman–Crippen LogP) is 2.02. The molecule has 0 amide bonds. The van der Waals surface area contributed by atoms with Crippen molar-refractivity contribution in [3.05, 3.63) is 0 Å². The fraction of sp³-hybridized carbons (Fsp3) is 0.947. The van der Waals surface area contributed by atoms with Gasteiger partial charge in [-0.15, -0.1) is 0 Å². The number of Topliss-reactive ketones (excluding diaryl/α,β-unsaturated/α-hetero) is 1. The lowest BCUT2D eigenvalue weighted by Crippen LogP contribution is -2.43. The van der Waals surface area contributed by atoms with Crippen molar-refractivity contribution in [3.63, 3.8) is 0 Å². The van der Waals surface area contributed by atoms with Gasteiger partial charge in [-0.1, -0.05) is 0 Å². The van der Waals surface area contributed by atoms with Crippen LogP contribution in [0.5, 0.6) is 0 Å². The van der Waals surface area contributed by atoms with Crippen molar-refractivity contribution in [2.24, 2.45) is 34.5 Å². The first-order chi connectivity index (χ1) is 10.7. The fourth-order valence-corrected chi connectivity index (χ4v) is 7.12. The van der Waals surface area contributed by atoms with Gasteiger partial charge in [-0.2, -0.15) is 0 Å². The molecule has 0 spiro atoms. The van der Waals surface area contributed by atoms with Crippen molar-refractivity contribution in [3.8, 4) is 0 Å². The van der Waals surface area contributed by atoms with E-state index < -0.39 is 0 Å². The third-order valence-corrected chi connectivity index (χ3v) is 8.57. The van der Waals surface area contributed by atoms with E-state index in [1.165, 1.54) is 77.8 Å². The van der Waals surface area contributed by atoms with E-state index in [2.05, 4.69) is 9.80 Å². The molecule has 0 aromatic carbocycles. The van der Waals surface area contributed by atoms with Gasteiger partial charge in [0.25, 0.3) is 0 Å². The van der Waals surface area contributed by atoms with Crippen molar-refractivity contribution in [1.29, 1.82) is 0 Å². The maximum absolute atomic E-state index is 13.7. The smallest absolute Gasteiger partial charge is 0.145 e. The summed E-state index contributed by atoms with van der Waals surface area (Å²) in [5.74, 6) is 3.92. The second-order valence-electron chi connectivity index (χ2n) is 9.47. The van der Waals surface area contributed by atoms with Crippen molar-refractivity contribution < 1.29 is 4.79 Å². The zero-order valence-corrected chi connectivity index (χ0v) is 13.6. The standard InChI is InChI=1S/C19H28N2O/c22-17(18(3-4-18)15-11-20-7-1-13(15)9-20)19(5-6-19)16-12-21-8-2-14(16)10-21/h13-16H,1-12H2. The number of rotatable bonds is 4. The lowest BCUT2D eigenvalue weighted by molar-refractivity contribution is -0.135. The normalized spacial score (nSPS) is 52.2. The zero-order valence-electron chi connectivity index (χ0n) is 13.6. The third-order valence-electron chi connectivity index (χ3n) is 8.57. The largest absolute Gasteiger partial charge is 0.303 e. The Bertz CT molecular complexity index is 490. The van der Waals surface area contributed by atoms with Crippen LogP contribution in [0.2, 0.25) is 0 Å². The highest BCUT2D eigenvalue weighted by Crippen LogP contribution is 2.68. The molecule has 4 aliphatic heterocycles. The van der Waals surface area contributed by atoms with Gasteiger partial charge >= 0.3 is 0 Å². The molecule has 6 atom stereocenters. The van der Waals surface area contributed by atoms with Crippen LogP contribution in [-0.4, -0.2) is 54.9 Å². The molecule has 120 valence electrons. The summed E-state index contributed by atoms with van der Waals surface area (Å²) in [6.07, 6.45) is 7.64. The van der Waals surface area contributed by atoms with Crippen molar-refractivity contribution in [1.82, 2.24) is 9.80 Å². The average Bonchev–Trinajstić information content (AvgIpc) is 3.30. The van der Waals surface area contributed by atoms with Gasteiger partial charge < -0.3 is 9.80 Å². The molecular formula is C19H28N2O. The van der Waals surface area contributed by atoms with Crippen LogP contribution in [-0.2, 0) is 4.79 Å². The average molecular weight is 300 g/mol. The predicted molar refractivity (Wildman–Crippen MR) is 84.4 cm³/mol. The molecular weight excluding hydrogens is 272 g/mol. The lowest BCUT2D eigenvalue weighted by atomic mass is 9.67. The van der Waals surface area contributed by atoms with Gasteiger partial charge in [0.15, 0.2) is 0 Å². The number of hydrogen-bond donors (Lipinski definition) is 0. The Morgan fingerprint density at radius 1 is 0.727 bits per heavy atom. The Morgan fingerprint density at radius 3 is 1.45 bits per heavy atom. The van der Waals surface area contributed by atoms with Gasteiger partial charge in [-0.25, -0.2) is 0 Å². The van der Waals surface area contributed by atoms with E-state index >= 15 is 0 Å². The van der Waals surface area contributed by atoms with Crippen LogP contribution in [0, 0.1) is 34.5 Å². The zero-order chi connectivity index (χ0) is 14.5. The van der Waals surface area contributed by atoms with Crippen molar-refractivity contribution in [2.45, 2.75) is 38.5 Å². The summed E-state index contributed by atoms with van der Waals surface area (Å²) in [5, 5.41) is 0. The fourth-order valence-electron chi connectivity index (χ4n) is 7.12. The molecule has 22 heavy (non-hydrogen) atoms. The Labute approximate surface area is 133 Å². The minimum atomic E-state index is 0.146. The summed E-state index contributed by atoms with van der Waals surface area (Å²) >= 11 is 0. The molecule has 6 rings (SSSR count). The summed E-state index contributed by atoms with van der Waals surface area (Å²) in [7, 11) is 0. The van der Waals surface area contributed by atoms with Crippen LogP contribution < -0.4 is 0 Å². The number of piperidine rings is 2. The second-order valence-corrected chi connectivity index (χ2v) is 9.47. The number of nitrogens with zero attached hydrogens (tertiary/aromatic N) is 2. The van der Waals surface area contributed by atoms with Crippen LogP contribution in [0.15, 0.2) is 0 Å². The molecule has 6 fully saturated rings. The number of carbonyl (C=O) groups excluding carboxylic acids is 1. The molecule has 6 unspecified atom stereocenters. The van der Waals surface area contributed by atoms with Crippen LogP contribution in [0.1, 0.15) is 38.5 Å². The molecule has 3 nitrogen and oxygen atoms in total. The van der Waals surface area contributed by atoms with Crippen LogP contribution in [0.25, 0.3) is 0 Å². The molecule has 6 aliphatic rings. The molecule has 0 radical (unpaired) electrons. The highest BCUT2D eigenvalue weighted by molar-refractivity contribution is 5.95. The first-order valence-electron chi connectivity index (χ1n) is 9.71. The molecule has 3 heteroatoms. The molecule has 2 aliphatic carbocycles. The highest BCUT2D eigenvalue weighted by Gasteiger charge is 2.70. The Kier molecular flexibility index (Phi) is 2.34. The lowest BCUT2D eigenvalue weighted by Gasteiger charge is -2.36. The van der Waals surface area contributed by atoms with Crippen molar-refractivity contribution in [2.75, 3.05) is 39.3 Å². The molecule has 4 heterocycles. The van der Waals surface area contributed by atoms with E-state index in [9.17, 15) is 4.79 Å². The molecule has 2 saturated carbocycles. The Hall–Kier alpha value is -0.410. The minimum Gasteiger partial charge on any atom is -0.303 e. The van der Waals surface area contributed by atoms with Crippen LogP contribution >= 0.6 is 0 Å². The van der Waals surface area contributed by atoms with E-state index in [1.807, 2.05) is 0 Å². The summed E-state index contributed by atoms with van der Waals surface area (Å²) in [6, 6.07) is 0. The van der Waals surface area contributed by atoms with Gasteiger partial charge in [0.1, 0.15) is 5.78 Å². The molecule has 0 aromatic rings. The van der Waals surface area contributed by atoms with Crippen LogP contribution in [0.4, 0.5) is 0 Å². The first kappa shape index (κ1) is 12.9. The van der Waals surface area contributed by atoms with E-state index in [-0.39, 0.29) is 10.8 Å². The molecule has 4 bridgehead atoms. The van der Waals surface area contributed by atoms with E-state index in [0.717, 1.165) is 29.5 Å². The molecule has 4 saturated heterocycles. The van der Waals surface area contributed by atoms with Gasteiger partial charge in [0, 0.05) is 37.0 Å². The van der Waals surface area contributed by atoms with E-state index in [1.54, 1.807) is 0 Å². The van der Waals surface area contributed by atoms with Crippen molar-refractivity contribution >= 4 is 5.78 Å². The summed E-state index contributed by atoms with van der Waals surface area (Å²) in [6.45, 7) is 7.69.